The second-order valence-electron chi connectivity index (χ2n) is 9.52. The van der Waals surface area contributed by atoms with Crippen molar-refractivity contribution in [2.75, 3.05) is 18.0 Å². The van der Waals surface area contributed by atoms with Crippen molar-refractivity contribution in [1.29, 1.82) is 0 Å². The molecule has 5 rings (SSSR count). The molecule has 2 aromatic heterocycles. The Balaban J connectivity index is 1.34. The van der Waals surface area contributed by atoms with Gasteiger partial charge in [0.25, 0.3) is 17.7 Å². The van der Waals surface area contributed by atoms with Gasteiger partial charge in [0, 0.05) is 30.8 Å². The van der Waals surface area contributed by atoms with Gasteiger partial charge < -0.3 is 9.84 Å². The minimum Gasteiger partial charge on any atom is -0.350 e. The number of benzene rings is 2. The van der Waals surface area contributed by atoms with Crippen LogP contribution in [0.5, 0.6) is 0 Å². The summed E-state index contributed by atoms with van der Waals surface area (Å²) in [5.74, 6) is -1.13. The molecule has 0 radical (unpaired) electrons. The highest BCUT2D eigenvalue weighted by Gasteiger charge is 2.39. The van der Waals surface area contributed by atoms with Crippen LogP contribution in [0, 0.1) is 5.92 Å². The van der Waals surface area contributed by atoms with Crippen molar-refractivity contribution in [1.82, 2.24) is 25.2 Å². The van der Waals surface area contributed by atoms with Gasteiger partial charge in [-0.15, -0.1) is 0 Å². The molecule has 1 aliphatic rings. The monoisotopic (exact) mass is 552 g/mol. The quantitative estimate of drug-likeness (QED) is 0.319. The summed E-state index contributed by atoms with van der Waals surface area (Å²) in [4.78, 5) is 32.1. The smallest absolute Gasteiger partial charge is 0.350 e. The molecule has 2 amide bonds. The van der Waals surface area contributed by atoms with Crippen molar-refractivity contribution < 1.29 is 27.3 Å². The average Bonchev–Trinajstić information content (AvgIpc) is 3.65. The van der Waals surface area contributed by atoms with E-state index in [4.69, 9.17) is 4.52 Å². The number of anilines is 1. The van der Waals surface area contributed by atoms with Crippen LogP contribution >= 0.6 is 0 Å². The average molecular weight is 553 g/mol. The SMILES string of the molecule is O=C(NCCN(C(=O)C1CCCCC1)c1noc(-c2ccccc2)n1)c1cn(-c2ccccc2)nc1C(F)(F)F. The zero-order valence-corrected chi connectivity index (χ0v) is 21.5. The van der Waals surface area contributed by atoms with Crippen LogP contribution in [-0.4, -0.2) is 44.8 Å². The molecule has 9 nitrogen and oxygen atoms in total. The summed E-state index contributed by atoms with van der Waals surface area (Å²) in [6, 6.07) is 17.2. The van der Waals surface area contributed by atoms with E-state index in [9.17, 15) is 22.8 Å². The molecule has 12 heteroatoms. The summed E-state index contributed by atoms with van der Waals surface area (Å²) in [6.07, 6.45) is 0.552. The lowest BCUT2D eigenvalue weighted by Gasteiger charge is -2.27. The number of halogens is 3. The highest BCUT2D eigenvalue weighted by molar-refractivity contribution is 5.96. The molecule has 0 atom stereocenters. The van der Waals surface area contributed by atoms with E-state index in [1.54, 1.807) is 42.5 Å². The first-order valence-corrected chi connectivity index (χ1v) is 13.0. The summed E-state index contributed by atoms with van der Waals surface area (Å²) in [5.41, 5.74) is -0.862. The van der Waals surface area contributed by atoms with Crippen molar-refractivity contribution in [3.8, 4) is 17.1 Å². The van der Waals surface area contributed by atoms with Crippen molar-refractivity contribution in [2.24, 2.45) is 5.92 Å². The molecule has 208 valence electrons. The standard InChI is InChI=1S/C28H27F3N6O3/c29-28(30,31)23-22(18-37(34-23)21-14-8-3-9-15-21)24(38)32-16-17-36(26(39)20-12-6-2-7-13-20)27-33-25(40-35-27)19-10-4-1-5-11-19/h1,3-5,8-11,14-15,18,20H,2,6-7,12-13,16-17H2,(H,32,38). The summed E-state index contributed by atoms with van der Waals surface area (Å²) in [6.45, 7) is -0.191. The zero-order valence-electron chi connectivity index (χ0n) is 21.5. The second-order valence-corrected chi connectivity index (χ2v) is 9.52. The minimum absolute atomic E-state index is 0.0385. The fourth-order valence-corrected chi connectivity index (χ4v) is 4.74. The largest absolute Gasteiger partial charge is 0.435 e. The number of alkyl halides is 3. The predicted molar refractivity (Wildman–Crippen MR) is 140 cm³/mol. The lowest BCUT2D eigenvalue weighted by atomic mass is 9.88. The highest BCUT2D eigenvalue weighted by atomic mass is 19.4. The molecule has 40 heavy (non-hydrogen) atoms. The number of carbonyl (C=O) groups excluding carboxylic acids is 2. The third-order valence-corrected chi connectivity index (χ3v) is 6.77. The van der Waals surface area contributed by atoms with Gasteiger partial charge in [0.1, 0.15) is 0 Å². The minimum atomic E-state index is -4.84. The number of para-hydroxylation sites is 1. The fourth-order valence-electron chi connectivity index (χ4n) is 4.74. The Kier molecular flexibility index (Phi) is 7.94. The maximum atomic E-state index is 13.7. The first-order chi connectivity index (χ1) is 19.3. The molecule has 4 aromatic rings. The van der Waals surface area contributed by atoms with Crippen LogP contribution in [0.2, 0.25) is 0 Å². The zero-order chi connectivity index (χ0) is 28.1. The Morgan fingerprint density at radius 2 is 1.68 bits per heavy atom. The highest BCUT2D eigenvalue weighted by Crippen LogP contribution is 2.32. The number of amides is 2. The van der Waals surface area contributed by atoms with E-state index in [1.165, 1.54) is 4.90 Å². The molecule has 0 spiro atoms. The van der Waals surface area contributed by atoms with E-state index in [0.29, 0.717) is 11.3 Å². The van der Waals surface area contributed by atoms with Crippen LogP contribution in [-0.2, 0) is 11.0 Å². The maximum Gasteiger partial charge on any atom is 0.435 e. The van der Waals surface area contributed by atoms with Gasteiger partial charge in [-0.2, -0.15) is 23.3 Å². The Morgan fingerprint density at radius 1 is 1.00 bits per heavy atom. The fraction of sp³-hybridized carbons (Fsp3) is 0.321. The van der Waals surface area contributed by atoms with Crippen molar-refractivity contribution in [3.05, 3.63) is 78.1 Å². The molecule has 1 N–H and O–H groups in total. The Hall–Kier alpha value is -4.48. The van der Waals surface area contributed by atoms with Gasteiger partial charge in [0.2, 0.25) is 5.91 Å². The van der Waals surface area contributed by atoms with Gasteiger partial charge >= 0.3 is 6.18 Å². The van der Waals surface area contributed by atoms with Gasteiger partial charge in [-0.3, -0.25) is 14.5 Å². The van der Waals surface area contributed by atoms with Crippen LogP contribution in [0.15, 0.2) is 71.4 Å². The first-order valence-electron chi connectivity index (χ1n) is 13.0. The van der Waals surface area contributed by atoms with Gasteiger partial charge in [-0.05, 0) is 42.3 Å². The van der Waals surface area contributed by atoms with E-state index in [2.05, 4.69) is 20.6 Å². The number of aromatic nitrogens is 4. The molecule has 1 saturated carbocycles. The molecule has 1 aliphatic carbocycles. The number of rotatable bonds is 8. The number of carbonyl (C=O) groups is 2. The van der Waals surface area contributed by atoms with Gasteiger partial charge in [-0.1, -0.05) is 55.7 Å². The van der Waals surface area contributed by atoms with Crippen molar-refractivity contribution >= 4 is 17.8 Å². The first kappa shape index (κ1) is 27.1. The third-order valence-electron chi connectivity index (χ3n) is 6.77. The van der Waals surface area contributed by atoms with Gasteiger partial charge in [-0.25, -0.2) is 4.68 Å². The van der Waals surface area contributed by atoms with Crippen LogP contribution in [0.25, 0.3) is 17.1 Å². The molecule has 2 heterocycles. The molecule has 0 unspecified atom stereocenters. The third kappa shape index (κ3) is 6.05. The lowest BCUT2D eigenvalue weighted by Crippen LogP contribution is -2.43. The molecule has 1 fully saturated rings. The van der Waals surface area contributed by atoms with E-state index < -0.39 is 23.3 Å². The van der Waals surface area contributed by atoms with Crippen molar-refractivity contribution in [3.63, 3.8) is 0 Å². The van der Waals surface area contributed by atoms with Gasteiger partial charge in [0.15, 0.2) is 5.69 Å². The molecule has 0 aliphatic heterocycles. The summed E-state index contributed by atoms with van der Waals surface area (Å²) in [7, 11) is 0. The molecular weight excluding hydrogens is 525 g/mol. The van der Waals surface area contributed by atoms with E-state index >= 15 is 0 Å². The van der Waals surface area contributed by atoms with E-state index in [-0.39, 0.29) is 36.8 Å². The van der Waals surface area contributed by atoms with Crippen LogP contribution in [0.1, 0.15) is 48.2 Å². The topological polar surface area (TPSA) is 106 Å². The number of nitrogens with one attached hydrogen (secondary N) is 1. The van der Waals surface area contributed by atoms with E-state index in [1.807, 2.05) is 18.2 Å². The molecule has 0 saturated heterocycles. The summed E-state index contributed by atoms with van der Waals surface area (Å²) in [5, 5.41) is 10.1. The summed E-state index contributed by atoms with van der Waals surface area (Å²) >= 11 is 0. The molecule has 0 bridgehead atoms. The normalized spacial score (nSPS) is 14.2. The van der Waals surface area contributed by atoms with Gasteiger partial charge in [0.05, 0.1) is 11.3 Å². The Labute approximate surface area is 228 Å². The lowest BCUT2D eigenvalue weighted by molar-refractivity contribution is -0.141. The van der Waals surface area contributed by atoms with Crippen LogP contribution < -0.4 is 10.2 Å². The maximum absolute atomic E-state index is 13.7. The van der Waals surface area contributed by atoms with Crippen LogP contribution in [0.3, 0.4) is 0 Å². The number of hydrogen-bond acceptors (Lipinski definition) is 6. The molecular formula is C28H27F3N6O3. The van der Waals surface area contributed by atoms with E-state index in [0.717, 1.165) is 43.0 Å². The van der Waals surface area contributed by atoms with Crippen molar-refractivity contribution in [2.45, 2.75) is 38.3 Å². The van der Waals surface area contributed by atoms with Crippen LogP contribution in [0.4, 0.5) is 19.1 Å². The summed E-state index contributed by atoms with van der Waals surface area (Å²) < 4.78 is 47.6. The Morgan fingerprint density at radius 3 is 2.35 bits per heavy atom. The number of nitrogens with zero attached hydrogens (tertiary/aromatic N) is 5. The second kappa shape index (κ2) is 11.7. The predicted octanol–water partition coefficient (Wildman–Crippen LogP) is 5.28. The Bertz CT molecular complexity index is 1450. The molecule has 2 aromatic carbocycles. The number of hydrogen-bond donors (Lipinski definition) is 1.